The molecule has 0 aromatic heterocycles. The van der Waals surface area contributed by atoms with Gasteiger partial charge in [0.05, 0.1) is 0 Å². The lowest BCUT2D eigenvalue weighted by atomic mass is 9.96. The first-order valence-electron chi connectivity index (χ1n) is 5.30. The van der Waals surface area contributed by atoms with Gasteiger partial charge in [-0.25, -0.2) is 5.48 Å². The van der Waals surface area contributed by atoms with Crippen molar-refractivity contribution in [2.45, 2.75) is 27.2 Å². The lowest BCUT2D eigenvalue weighted by Gasteiger charge is -2.09. The average Bonchev–Trinajstić information content (AvgIpc) is 2.26. The third-order valence-electron chi connectivity index (χ3n) is 2.52. The molecule has 1 amide bonds. The molecule has 0 heterocycles. The van der Waals surface area contributed by atoms with Crippen LogP contribution in [0.2, 0.25) is 0 Å². The van der Waals surface area contributed by atoms with Crippen LogP contribution in [-0.4, -0.2) is 11.1 Å². The van der Waals surface area contributed by atoms with Gasteiger partial charge < -0.3 is 0 Å². The Labute approximate surface area is 95.8 Å². The fraction of sp³-hybridized carbons (Fsp3) is 0.308. The van der Waals surface area contributed by atoms with Crippen LogP contribution in [0.25, 0.3) is 5.57 Å². The molecule has 0 atom stereocenters. The van der Waals surface area contributed by atoms with Gasteiger partial charge in [0.15, 0.2) is 0 Å². The third-order valence-corrected chi connectivity index (χ3v) is 2.52. The van der Waals surface area contributed by atoms with Crippen molar-refractivity contribution in [2.75, 3.05) is 0 Å². The van der Waals surface area contributed by atoms with Crippen LogP contribution >= 0.6 is 0 Å². The number of hydrogen-bond acceptors (Lipinski definition) is 2. The van der Waals surface area contributed by atoms with Gasteiger partial charge in [-0.2, -0.15) is 0 Å². The predicted molar refractivity (Wildman–Crippen MR) is 64.1 cm³/mol. The number of carbonyl (C=O) groups is 1. The van der Waals surface area contributed by atoms with E-state index in [4.69, 9.17) is 5.21 Å². The number of allylic oxidation sites excluding steroid dienone is 1. The van der Waals surface area contributed by atoms with E-state index in [1.165, 1.54) is 11.6 Å². The summed E-state index contributed by atoms with van der Waals surface area (Å²) in [5, 5.41) is 8.50. The van der Waals surface area contributed by atoms with Crippen molar-refractivity contribution in [3.63, 3.8) is 0 Å². The van der Waals surface area contributed by atoms with Gasteiger partial charge in [-0.05, 0) is 37.0 Å². The van der Waals surface area contributed by atoms with Crippen LogP contribution in [0, 0.1) is 13.8 Å². The van der Waals surface area contributed by atoms with Crippen LogP contribution in [0.4, 0.5) is 0 Å². The summed E-state index contributed by atoms with van der Waals surface area (Å²) in [7, 11) is 0. The Kier molecular flexibility index (Phi) is 4.26. The molecule has 0 saturated carbocycles. The van der Waals surface area contributed by atoms with E-state index < -0.39 is 5.91 Å². The zero-order valence-electron chi connectivity index (χ0n) is 9.87. The summed E-state index contributed by atoms with van der Waals surface area (Å²) in [4.78, 5) is 11.1. The smallest absolute Gasteiger partial charge is 0.267 e. The Bertz CT molecular complexity index is 422. The Morgan fingerprint density at radius 2 is 2.12 bits per heavy atom. The van der Waals surface area contributed by atoms with Crippen molar-refractivity contribution in [1.29, 1.82) is 0 Å². The minimum atomic E-state index is -0.489. The van der Waals surface area contributed by atoms with Crippen LogP contribution in [-0.2, 0) is 4.79 Å². The molecule has 2 N–H and O–H groups in total. The van der Waals surface area contributed by atoms with Gasteiger partial charge in [0.1, 0.15) is 0 Å². The topological polar surface area (TPSA) is 49.3 Å². The molecule has 0 aliphatic carbocycles. The molecular formula is C13H17NO2. The molecule has 0 fully saturated rings. The standard InChI is InChI=1S/C13H17NO2/c1-4-11(8-13(15)14-16)12-6-5-9(2)7-10(12)3/h5-8,16H,4H2,1-3H3,(H,14,15)/b11-8+. The fourth-order valence-electron chi connectivity index (χ4n) is 1.73. The second kappa shape index (κ2) is 5.47. The highest BCUT2D eigenvalue weighted by molar-refractivity contribution is 5.94. The van der Waals surface area contributed by atoms with Gasteiger partial charge in [0.2, 0.25) is 0 Å². The molecular weight excluding hydrogens is 202 g/mol. The molecule has 3 nitrogen and oxygen atoms in total. The van der Waals surface area contributed by atoms with Gasteiger partial charge in [-0.15, -0.1) is 0 Å². The highest BCUT2D eigenvalue weighted by Gasteiger charge is 2.05. The van der Waals surface area contributed by atoms with Gasteiger partial charge in [-0.1, -0.05) is 30.7 Å². The summed E-state index contributed by atoms with van der Waals surface area (Å²) in [5.74, 6) is -0.489. The maximum atomic E-state index is 11.1. The van der Waals surface area contributed by atoms with Gasteiger partial charge in [-0.3, -0.25) is 10.0 Å². The van der Waals surface area contributed by atoms with E-state index in [0.29, 0.717) is 0 Å². The van der Waals surface area contributed by atoms with E-state index in [0.717, 1.165) is 23.1 Å². The monoisotopic (exact) mass is 219 g/mol. The van der Waals surface area contributed by atoms with Crippen LogP contribution in [0.15, 0.2) is 24.3 Å². The Morgan fingerprint density at radius 3 is 2.62 bits per heavy atom. The van der Waals surface area contributed by atoms with Crippen LogP contribution in [0.3, 0.4) is 0 Å². The number of carbonyl (C=O) groups excluding carboxylic acids is 1. The van der Waals surface area contributed by atoms with E-state index in [1.807, 2.05) is 32.9 Å². The number of hydrogen-bond donors (Lipinski definition) is 2. The number of rotatable bonds is 3. The molecule has 0 aliphatic rings. The average molecular weight is 219 g/mol. The second-order valence-electron chi connectivity index (χ2n) is 3.82. The van der Waals surface area contributed by atoms with Gasteiger partial charge >= 0.3 is 0 Å². The number of benzene rings is 1. The third kappa shape index (κ3) is 2.94. The predicted octanol–water partition coefficient (Wildman–Crippen LogP) is 2.60. The molecule has 3 heteroatoms. The number of aryl methyl sites for hydroxylation is 2. The van der Waals surface area contributed by atoms with E-state index in [-0.39, 0.29) is 0 Å². The number of amides is 1. The highest BCUT2D eigenvalue weighted by atomic mass is 16.5. The summed E-state index contributed by atoms with van der Waals surface area (Å²) in [6.45, 7) is 6.03. The van der Waals surface area contributed by atoms with Crippen LogP contribution < -0.4 is 5.48 Å². The molecule has 0 saturated heterocycles. The summed E-state index contributed by atoms with van der Waals surface area (Å²) in [5.41, 5.74) is 5.92. The van der Waals surface area contributed by atoms with Crippen LogP contribution in [0.5, 0.6) is 0 Å². The zero-order chi connectivity index (χ0) is 12.1. The van der Waals surface area contributed by atoms with E-state index in [2.05, 4.69) is 6.07 Å². The summed E-state index contributed by atoms with van der Waals surface area (Å²) >= 11 is 0. The molecule has 1 aromatic rings. The van der Waals surface area contributed by atoms with Crippen molar-refractivity contribution in [3.05, 3.63) is 41.0 Å². The SMILES string of the molecule is CC/C(=C\C(=O)NO)c1ccc(C)cc1C. The first kappa shape index (κ1) is 12.5. The lowest BCUT2D eigenvalue weighted by molar-refractivity contribution is -0.124. The minimum Gasteiger partial charge on any atom is -0.288 e. The maximum absolute atomic E-state index is 11.1. The molecule has 0 bridgehead atoms. The van der Waals surface area contributed by atoms with Gasteiger partial charge in [0.25, 0.3) is 5.91 Å². The van der Waals surface area contributed by atoms with E-state index >= 15 is 0 Å². The van der Waals surface area contributed by atoms with Crippen LogP contribution in [0.1, 0.15) is 30.0 Å². The Hall–Kier alpha value is -1.61. The quantitative estimate of drug-likeness (QED) is 0.466. The van der Waals surface area contributed by atoms with E-state index in [1.54, 1.807) is 5.48 Å². The zero-order valence-corrected chi connectivity index (χ0v) is 9.87. The molecule has 16 heavy (non-hydrogen) atoms. The van der Waals surface area contributed by atoms with Crippen molar-refractivity contribution in [2.24, 2.45) is 0 Å². The number of nitrogens with one attached hydrogen (secondary N) is 1. The summed E-state index contributed by atoms with van der Waals surface area (Å²) < 4.78 is 0. The molecule has 1 aromatic carbocycles. The first-order chi connectivity index (χ1) is 7.58. The molecule has 0 spiro atoms. The summed E-state index contributed by atoms with van der Waals surface area (Å²) in [6.07, 6.45) is 2.18. The summed E-state index contributed by atoms with van der Waals surface area (Å²) in [6, 6.07) is 6.10. The maximum Gasteiger partial charge on any atom is 0.267 e. The fourth-order valence-corrected chi connectivity index (χ4v) is 1.73. The van der Waals surface area contributed by atoms with Crippen molar-refractivity contribution < 1.29 is 10.0 Å². The minimum absolute atomic E-state index is 0.489. The second-order valence-corrected chi connectivity index (χ2v) is 3.82. The molecule has 86 valence electrons. The largest absolute Gasteiger partial charge is 0.288 e. The van der Waals surface area contributed by atoms with Crippen molar-refractivity contribution in [3.8, 4) is 0 Å². The lowest BCUT2D eigenvalue weighted by Crippen LogP contribution is -2.15. The highest BCUT2D eigenvalue weighted by Crippen LogP contribution is 2.22. The normalized spacial score (nSPS) is 11.4. The molecule has 1 rings (SSSR count). The molecule has 0 radical (unpaired) electrons. The van der Waals surface area contributed by atoms with E-state index in [9.17, 15) is 4.79 Å². The van der Waals surface area contributed by atoms with Crippen molar-refractivity contribution >= 4 is 11.5 Å². The Morgan fingerprint density at radius 1 is 1.44 bits per heavy atom. The number of hydroxylamine groups is 1. The molecule has 0 aliphatic heterocycles. The first-order valence-corrected chi connectivity index (χ1v) is 5.30. The van der Waals surface area contributed by atoms with Gasteiger partial charge in [0, 0.05) is 6.08 Å². The van der Waals surface area contributed by atoms with Crippen molar-refractivity contribution in [1.82, 2.24) is 5.48 Å². The molecule has 0 unspecified atom stereocenters. The Balaban J connectivity index is 3.14.